The number of fused-ring (bicyclic) bond motifs is 2. The molecular formula is C50H44O8S2. The number of phenolic OH excluding ortho intramolecular Hbond substituents is 2. The van der Waals surface area contributed by atoms with Crippen LogP contribution in [0, 0.1) is 0 Å². The summed E-state index contributed by atoms with van der Waals surface area (Å²) in [5.41, 5.74) is 8.89. The maximum absolute atomic E-state index is 10.8. The van der Waals surface area contributed by atoms with Gasteiger partial charge in [-0.2, -0.15) is 0 Å². The van der Waals surface area contributed by atoms with Crippen LogP contribution < -0.4 is 9.47 Å². The molecule has 6 aromatic rings. The molecule has 8 rings (SSSR count). The van der Waals surface area contributed by atoms with Crippen LogP contribution in [0.5, 0.6) is 23.0 Å². The van der Waals surface area contributed by atoms with Gasteiger partial charge in [-0.15, -0.1) is 23.5 Å². The van der Waals surface area contributed by atoms with Gasteiger partial charge in [-0.1, -0.05) is 84.9 Å². The number of rotatable bonds is 10. The molecule has 60 heavy (non-hydrogen) atoms. The van der Waals surface area contributed by atoms with Gasteiger partial charge in [0.25, 0.3) is 0 Å². The van der Waals surface area contributed by atoms with Gasteiger partial charge in [0.05, 0.1) is 14.2 Å². The average molecular weight is 837 g/mol. The fourth-order valence-corrected chi connectivity index (χ4v) is 10.5. The van der Waals surface area contributed by atoms with Crippen molar-refractivity contribution in [2.24, 2.45) is 0 Å². The summed E-state index contributed by atoms with van der Waals surface area (Å²) in [6.07, 6.45) is 5.48. The van der Waals surface area contributed by atoms with E-state index in [9.17, 15) is 19.8 Å². The second kappa shape index (κ2) is 19.1. The largest absolute Gasteiger partial charge is 0.508 e. The molecule has 8 nitrogen and oxygen atoms in total. The third-order valence-electron chi connectivity index (χ3n) is 10.8. The molecule has 0 aliphatic carbocycles. The second-order valence-electron chi connectivity index (χ2n) is 14.5. The summed E-state index contributed by atoms with van der Waals surface area (Å²) in [5, 5.41) is 37.3. The molecule has 4 N–H and O–H groups in total. The van der Waals surface area contributed by atoms with Gasteiger partial charge in [0.1, 0.15) is 23.0 Å². The summed E-state index contributed by atoms with van der Waals surface area (Å²) in [6.45, 7) is 0. The Morgan fingerprint density at radius 1 is 0.517 bits per heavy atom. The molecule has 0 spiro atoms. The monoisotopic (exact) mass is 836 g/mol. The van der Waals surface area contributed by atoms with Crippen LogP contribution in [0.4, 0.5) is 0 Å². The van der Waals surface area contributed by atoms with E-state index in [0.717, 1.165) is 67.9 Å². The van der Waals surface area contributed by atoms with E-state index in [0.29, 0.717) is 5.92 Å². The molecule has 0 amide bonds. The lowest BCUT2D eigenvalue weighted by atomic mass is 9.77. The second-order valence-corrected chi connectivity index (χ2v) is 16.6. The quantitative estimate of drug-likeness (QED) is 0.0988. The first-order valence-electron chi connectivity index (χ1n) is 19.3. The summed E-state index contributed by atoms with van der Waals surface area (Å²) in [7, 11) is 3.37. The van der Waals surface area contributed by atoms with Crippen LogP contribution >= 0.6 is 23.5 Å². The van der Waals surface area contributed by atoms with Crippen LogP contribution in [0.2, 0.25) is 0 Å². The SMILES string of the molecule is COc1ccc(C2CSc3cc(OC)ccc3C2c2ccc(/C=C/C(=O)O)cc2)cc1.O=C(O)/C=C/c1ccc(C2c3ccc(O)cc3SCC2c2ccc(O)cc2)cc1. The van der Waals surface area contributed by atoms with Crippen molar-refractivity contribution in [2.75, 3.05) is 25.7 Å². The Bertz CT molecular complexity index is 2500. The van der Waals surface area contributed by atoms with E-state index < -0.39 is 11.9 Å². The Labute approximate surface area is 357 Å². The highest BCUT2D eigenvalue weighted by molar-refractivity contribution is 7.99. The number of carbonyl (C=O) groups is 2. The third-order valence-corrected chi connectivity index (χ3v) is 13.2. The van der Waals surface area contributed by atoms with E-state index >= 15 is 0 Å². The molecule has 6 aromatic carbocycles. The van der Waals surface area contributed by atoms with Gasteiger partial charge >= 0.3 is 11.9 Å². The predicted molar refractivity (Wildman–Crippen MR) is 239 cm³/mol. The van der Waals surface area contributed by atoms with E-state index in [2.05, 4.69) is 36.4 Å². The molecule has 0 bridgehead atoms. The smallest absolute Gasteiger partial charge is 0.328 e. The molecule has 0 saturated heterocycles. The van der Waals surface area contributed by atoms with Gasteiger partial charge in [-0.3, -0.25) is 0 Å². The molecule has 10 heteroatoms. The molecule has 304 valence electrons. The minimum atomic E-state index is -0.973. The molecule has 0 aromatic heterocycles. The summed E-state index contributed by atoms with van der Waals surface area (Å²) < 4.78 is 10.8. The van der Waals surface area contributed by atoms with Crippen LogP contribution in [0.25, 0.3) is 12.2 Å². The lowest BCUT2D eigenvalue weighted by molar-refractivity contribution is -0.132. The molecule has 0 saturated carbocycles. The van der Waals surface area contributed by atoms with Crippen molar-refractivity contribution in [2.45, 2.75) is 33.5 Å². The number of carboxylic acid groups (broad SMARTS) is 2. The first-order chi connectivity index (χ1) is 29.1. The molecule has 4 unspecified atom stereocenters. The van der Waals surface area contributed by atoms with Crippen LogP contribution in [0.3, 0.4) is 0 Å². The van der Waals surface area contributed by atoms with Crippen molar-refractivity contribution in [3.05, 3.63) is 190 Å². The predicted octanol–water partition coefficient (Wildman–Crippen LogP) is 11.0. The van der Waals surface area contributed by atoms with Crippen LogP contribution in [-0.4, -0.2) is 58.1 Å². The van der Waals surface area contributed by atoms with Crippen molar-refractivity contribution >= 4 is 47.6 Å². The number of methoxy groups -OCH3 is 2. The number of thioether (sulfide) groups is 2. The first-order valence-corrected chi connectivity index (χ1v) is 21.3. The fraction of sp³-hybridized carbons (Fsp3) is 0.160. The number of hydrogen-bond donors (Lipinski definition) is 4. The van der Waals surface area contributed by atoms with Gasteiger partial charge < -0.3 is 29.9 Å². The summed E-state index contributed by atoms with van der Waals surface area (Å²) in [6, 6.07) is 43.5. The average Bonchev–Trinajstić information content (AvgIpc) is 3.27. The van der Waals surface area contributed by atoms with Crippen molar-refractivity contribution in [3.63, 3.8) is 0 Å². The molecule has 2 aliphatic rings. The number of aliphatic carboxylic acids is 2. The number of carboxylic acids is 2. The zero-order valence-electron chi connectivity index (χ0n) is 33.0. The molecule has 2 aliphatic heterocycles. The Balaban J connectivity index is 0.000000182. The van der Waals surface area contributed by atoms with Gasteiger partial charge in [0, 0.05) is 57.1 Å². The van der Waals surface area contributed by atoms with Gasteiger partial charge in [0.2, 0.25) is 0 Å². The van der Waals surface area contributed by atoms with Crippen LogP contribution in [0.15, 0.2) is 155 Å². The lowest BCUT2D eigenvalue weighted by Gasteiger charge is -2.34. The summed E-state index contributed by atoms with van der Waals surface area (Å²) in [5.74, 6) is 2.89. The van der Waals surface area contributed by atoms with E-state index in [-0.39, 0.29) is 29.3 Å². The fourth-order valence-electron chi connectivity index (χ4n) is 7.85. The first kappa shape index (κ1) is 41.8. The van der Waals surface area contributed by atoms with Crippen molar-refractivity contribution in [1.29, 1.82) is 0 Å². The van der Waals surface area contributed by atoms with Gasteiger partial charge in [-0.05, 0) is 105 Å². The lowest BCUT2D eigenvalue weighted by Crippen LogP contribution is -2.20. The van der Waals surface area contributed by atoms with E-state index in [1.807, 2.05) is 90.6 Å². The molecule has 2 heterocycles. The highest BCUT2D eigenvalue weighted by Crippen LogP contribution is 2.51. The van der Waals surface area contributed by atoms with E-state index in [4.69, 9.17) is 19.7 Å². The number of hydrogen-bond acceptors (Lipinski definition) is 8. The number of aromatic hydroxyl groups is 2. The van der Waals surface area contributed by atoms with Crippen molar-refractivity contribution in [3.8, 4) is 23.0 Å². The number of phenols is 2. The Hall–Kier alpha value is -6.36. The maximum atomic E-state index is 10.8. The molecule has 0 radical (unpaired) electrons. The van der Waals surface area contributed by atoms with E-state index in [1.54, 1.807) is 56.3 Å². The highest BCUT2D eigenvalue weighted by Gasteiger charge is 2.34. The van der Waals surface area contributed by atoms with Crippen molar-refractivity contribution < 1.29 is 39.5 Å². The maximum Gasteiger partial charge on any atom is 0.328 e. The number of benzene rings is 6. The molecule has 0 fully saturated rings. The zero-order chi connectivity index (χ0) is 42.2. The van der Waals surface area contributed by atoms with Crippen LogP contribution in [0.1, 0.15) is 68.2 Å². The Morgan fingerprint density at radius 2 is 0.917 bits per heavy atom. The summed E-state index contributed by atoms with van der Waals surface area (Å²) >= 11 is 3.58. The minimum Gasteiger partial charge on any atom is -0.508 e. The van der Waals surface area contributed by atoms with Gasteiger partial charge in [0.15, 0.2) is 0 Å². The van der Waals surface area contributed by atoms with E-state index in [1.165, 1.54) is 21.6 Å². The molecular weight excluding hydrogens is 793 g/mol. The third kappa shape index (κ3) is 9.90. The minimum absolute atomic E-state index is 0.0916. The highest BCUT2D eigenvalue weighted by atomic mass is 32.2. The summed E-state index contributed by atoms with van der Waals surface area (Å²) in [4.78, 5) is 23.9. The molecule has 4 atom stereocenters. The van der Waals surface area contributed by atoms with Crippen molar-refractivity contribution in [1.82, 2.24) is 0 Å². The Kier molecular flexibility index (Phi) is 13.3. The Morgan fingerprint density at radius 3 is 1.38 bits per heavy atom. The standard InChI is InChI=1S/C26H24O4S.C24H20O4S/c1-29-20-10-8-18(9-11-20)23-16-31-24-15-21(30-2)12-13-22(24)26(23)19-6-3-17(4-7-19)5-14-25(27)28;25-18-8-6-16(7-9-18)21-14-29-22-13-19(26)10-11-20(22)24(21)17-4-1-15(2-5-17)3-12-23(27)28/h3-15,23,26H,16H2,1-2H3,(H,27,28);1-13,21,24-26H,14H2,(H,27,28)/b14-5+;12-3+. The van der Waals surface area contributed by atoms with Gasteiger partial charge in [-0.25, -0.2) is 9.59 Å². The zero-order valence-corrected chi connectivity index (χ0v) is 34.6. The topological polar surface area (TPSA) is 134 Å². The number of ether oxygens (including phenoxy) is 2. The van der Waals surface area contributed by atoms with Crippen LogP contribution in [-0.2, 0) is 9.59 Å². The normalized spacial score (nSPS) is 18.2.